The summed E-state index contributed by atoms with van der Waals surface area (Å²) in [5.41, 5.74) is 0.588. The number of rotatable bonds is 3. The van der Waals surface area contributed by atoms with E-state index in [0.29, 0.717) is 18.9 Å². The summed E-state index contributed by atoms with van der Waals surface area (Å²) in [7, 11) is 0. The van der Waals surface area contributed by atoms with E-state index in [1.54, 1.807) is 0 Å². The lowest BCUT2D eigenvalue weighted by Crippen LogP contribution is -2.57. The molecule has 1 aromatic rings. The highest BCUT2D eigenvalue weighted by molar-refractivity contribution is 5.99. The molecule has 0 aliphatic carbocycles. The third kappa shape index (κ3) is 3.88. The predicted molar refractivity (Wildman–Crippen MR) is 104 cm³/mol. The van der Waals surface area contributed by atoms with Crippen LogP contribution in [-0.2, 0) is 14.3 Å². The third-order valence-corrected chi connectivity index (χ3v) is 6.54. The predicted octanol–water partition coefficient (Wildman–Crippen LogP) is 3.24. The third-order valence-electron chi connectivity index (χ3n) is 6.54. The van der Waals surface area contributed by atoms with Crippen LogP contribution in [0.3, 0.4) is 0 Å². The van der Waals surface area contributed by atoms with Gasteiger partial charge in [0.25, 0.3) is 0 Å². The Morgan fingerprint density at radius 1 is 1.07 bits per heavy atom. The molecule has 5 heteroatoms. The Morgan fingerprint density at radius 3 is 2.52 bits per heavy atom. The summed E-state index contributed by atoms with van der Waals surface area (Å²) in [4.78, 5) is 30.3. The van der Waals surface area contributed by atoms with Gasteiger partial charge in [0, 0.05) is 45.0 Å². The lowest BCUT2D eigenvalue weighted by Gasteiger charge is -2.47. The first-order valence-electron chi connectivity index (χ1n) is 10.4. The molecule has 3 saturated heterocycles. The number of para-hydroxylation sites is 1. The second-order valence-corrected chi connectivity index (χ2v) is 8.35. The molecule has 4 rings (SSSR count). The van der Waals surface area contributed by atoms with Gasteiger partial charge in [-0.05, 0) is 56.6 Å². The molecule has 0 bridgehead atoms. The molecule has 3 fully saturated rings. The summed E-state index contributed by atoms with van der Waals surface area (Å²) in [6, 6.07) is 9.95. The maximum atomic E-state index is 13.4. The SMILES string of the molecule is O=C(CC1CCOCC1)N1CCCC2(CCCN(c3ccccc3)C2=O)C1. The minimum atomic E-state index is -0.391. The van der Waals surface area contributed by atoms with Gasteiger partial charge in [0.05, 0.1) is 5.41 Å². The average molecular weight is 370 g/mol. The van der Waals surface area contributed by atoms with Crippen molar-refractivity contribution >= 4 is 17.5 Å². The van der Waals surface area contributed by atoms with Crippen LogP contribution in [0.4, 0.5) is 5.69 Å². The number of anilines is 1. The van der Waals surface area contributed by atoms with Crippen molar-refractivity contribution in [2.24, 2.45) is 11.3 Å². The van der Waals surface area contributed by atoms with Crippen molar-refractivity contribution in [2.45, 2.75) is 44.9 Å². The maximum absolute atomic E-state index is 13.4. The number of hydrogen-bond donors (Lipinski definition) is 0. The first-order chi connectivity index (χ1) is 13.2. The number of hydrogen-bond acceptors (Lipinski definition) is 3. The molecular formula is C22H30N2O3. The fourth-order valence-corrected chi connectivity index (χ4v) is 4.97. The zero-order valence-corrected chi connectivity index (χ0v) is 16.1. The Balaban J connectivity index is 1.45. The Hall–Kier alpha value is -1.88. The Morgan fingerprint density at radius 2 is 1.78 bits per heavy atom. The second-order valence-electron chi connectivity index (χ2n) is 8.35. The van der Waals surface area contributed by atoms with Gasteiger partial charge in [0.15, 0.2) is 0 Å². The van der Waals surface area contributed by atoms with Crippen LogP contribution < -0.4 is 4.90 Å². The molecule has 0 saturated carbocycles. The van der Waals surface area contributed by atoms with Gasteiger partial charge < -0.3 is 14.5 Å². The van der Waals surface area contributed by atoms with Gasteiger partial charge in [0.2, 0.25) is 11.8 Å². The molecule has 2 amide bonds. The molecule has 146 valence electrons. The highest BCUT2D eigenvalue weighted by atomic mass is 16.5. The van der Waals surface area contributed by atoms with Crippen molar-refractivity contribution in [3.8, 4) is 0 Å². The molecule has 1 unspecified atom stereocenters. The smallest absolute Gasteiger partial charge is 0.234 e. The normalized spacial score (nSPS) is 27.2. The molecule has 3 aliphatic heterocycles. The van der Waals surface area contributed by atoms with Gasteiger partial charge in [-0.25, -0.2) is 0 Å². The van der Waals surface area contributed by atoms with E-state index in [1.807, 2.05) is 40.1 Å². The Bertz CT molecular complexity index is 667. The number of carbonyl (C=O) groups is 2. The fourth-order valence-electron chi connectivity index (χ4n) is 4.97. The molecular weight excluding hydrogens is 340 g/mol. The number of nitrogens with zero attached hydrogens (tertiary/aromatic N) is 2. The van der Waals surface area contributed by atoms with E-state index in [-0.39, 0.29) is 11.8 Å². The highest BCUT2D eigenvalue weighted by Gasteiger charge is 2.47. The van der Waals surface area contributed by atoms with Crippen LogP contribution in [0, 0.1) is 11.3 Å². The van der Waals surface area contributed by atoms with Gasteiger partial charge in [0.1, 0.15) is 0 Å². The van der Waals surface area contributed by atoms with E-state index in [1.165, 1.54) is 0 Å². The number of carbonyl (C=O) groups excluding carboxylic acids is 2. The topological polar surface area (TPSA) is 49.9 Å². The quantitative estimate of drug-likeness (QED) is 0.821. The molecule has 1 atom stereocenters. The van der Waals surface area contributed by atoms with Gasteiger partial charge in [-0.2, -0.15) is 0 Å². The number of benzene rings is 1. The fraction of sp³-hybridized carbons (Fsp3) is 0.636. The van der Waals surface area contributed by atoms with Crippen LogP contribution in [0.25, 0.3) is 0 Å². The van der Waals surface area contributed by atoms with E-state index < -0.39 is 5.41 Å². The number of likely N-dealkylation sites (tertiary alicyclic amines) is 1. The number of ether oxygens (including phenoxy) is 1. The summed E-state index contributed by atoms with van der Waals surface area (Å²) in [5.74, 6) is 0.876. The van der Waals surface area contributed by atoms with Crippen molar-refractivity contribution in [1.82, 2.24) is 4.90 Å². The second kappa shape index (κ2) is 8.01. The van der Waals surface area contributed by atoms with E-state index in [4.69, 9.17) is 4.74 Å². The van der Waals surface area contributed by atoms with Crippen molar-refractivity contribution in [2.75, 3.05) is 37.7 Å². The van der Waals surface area contributed by atoms with E-state index in [2.05, 4.69) is 0 Å². The minimum Gasteiger partial charge on any atom is -0.381 e. The summed E-state index contributed by atoms with van der Waals surface area (Å²) in [6.07, 6.45) is 6.29. The van der Waals surface area contributed by atoms with Crippen molar-refractivity contribution in [3.05, 3.63) is 30.3 Å². The van der Waals surface area contributed by atoms with Crippen molar-refractivity contribution in [1.29, 1.82) is 0 Å². The van der Waals surface area contributed by atoms with E-state index in [9.17, 15) is 9.59 Å². The molecule has 1 aromatic carbocycles. The molecule has 0 N–H and O–H groups in total. The summed E-state index contributed by atoms with van der Waals surface area (Å²) >= 11 is 0. The van der Waals surface area contributed by atoms with Crippen LogP contribution in [0.5, 0.6) is 0 Å². The first kappa shape index (κ1) is 18.5. The Kier molecular flexibility index (Phi) is 5.48. The van der Waals surface area contributed by atoms with Crippen LogP contribution in [0.2, 0.25) is 0 Å². The van der Waals surface area contributed by atoms with Crippen LogP contribution in [-0.4, -0.2) is 49.6 Å². The molecule has 0 radical (unpaired) electrons. The summed E-state index contributed by atoms with van der Waals surface area (Å²) in [6.45, 7) is 3.71. The van der Waals surface area contributed by atoms with Crippen LogP contribution in [0.1, 0.15) is 44.9 Å². The molecule has 1 spiro atoms. The van der Waals surface area contributed by atoms with Crippen LogP contribution in [0.15, 0.2) is 30.3 Å². The zero-order chi connectivity index (χ0) is 18.7. The monoisotopic (exact) mass is 370 g/mol. The number of amides is 2. The maximum Gasteiger partial charge on any atom is 0.234 e. The van der Waals surface area contributed by atoms with Gasteiger partial charge >= 0.3 is 0 Å². The standard InChI is InChI=1S/C22H30N2O3/c25-20(16-18-8-14-27-15-9-18)23-12-4-10-22(17-23)11-5-13-24(21(22)26)19-6-2-1-3-7-19/h1-3,6-7,18H,4-5,8-17H2. The molecule has 3 heterocycles. The van der Waals surface area contributed by atoms with Gasteiger partial charge in [-0.1, -0.05) is 18.2 Å². The van der Waals surface area contributed by atoms with Gasteiger partial charge in [-0.15, -0.1) is 0 Å². The zero-order valence-electron chi connectivity index (χ0n) is 16.1. The van der Waals surface area contributed by atoms with Crippen LogP contribution >= 0.6 is 0 Å². The van der Waals surface area contributed by atoms with Gasteiger partial charge in [-0.3, -0.25) is 9.59 Å². The highest BCUT2D eigenvalue weighted by Crippen LogP contribution is 2.41. The molecule has 5 nitrogen and oxygen atoms in total. The first-order valence-corrected chi connectivity index (χ1v) is 10.4. The van der Waals surface area contributed by atoms with E-state index >= 15 is 0 Å². The van der Waals surface area contributed by atoms with Crippen molar-refractivity contribution in [3.63, 3.8) is 0 Å². The minimum absolute atomic E-state index is 0.212. The lowest BCUT2D eigenvalue weighted by atomic mass is 9.72. The van der Waals surface area contributed by atoms with Crippen molar-refractivity contribution < 1.29 is 14.3 Å². The lowest BCUT2D eigenvalue weighted by molar-refractivity contribution is -0.142. The summed E-state index contributed by atoms with van der Waals surface area (Å²) in [5, 5.41) is 0. The Labute approximate surface area is 161 Å². The molecule has 0 aromatic heterocycles. The number of piperidine rings is 2. The average Bonchev–Trinajstić information content (AvgIpc) is 2.72. The molecule has 27 heavy (non-hydrogen) atoms. The van der Waals surface area contributed by atoms with E-state index in [0.717, 1.165) is 70.5 Å². The molecule has 3 aliphatic rings. The summed E-state index contributed by atoms with van der Waals surface area (Å²) < 4.78 is 5.41. The largest absolute Gasteiger partial charge is 0.381 e.